The number of nitrogens with zero attached hydrogens (tertiary/aromatic N) is 1. The number of hydrogen-bond donors (Lipinski definition) is 1. The first-order chi connectivity index (χ1) is 17.1. The lowest BCUT2D eigenvalue weighted by Crippen LogP contribution is -2.45. The van der Waals surface area contributed by atoms with Gasteiger partial charge in [0.05, 0.1) is 35.0 Å². The molecule has 8 nitrogen and oxygen atoms in total. The summed E-state index contributed by atoms with van der Waals surface area (Å²) in [6, 6.07) is 8.50. The van der Waals surface area contributed by atoms with Gasteiger partial charge in [-0.25, -0.2) is 18.4 Å². The van der Waals surface area contributed by atoms with E-state index in [1.165, 1.54) is 4.90 Å². The summed E-state index contributed by atoms with van der Waals surface area (Å²) in [4.78, 5) is 38.3. The molecule has 2 aliphatic rings. The van der Waals surface area contributed by atoms with E-state index in [1.807, 2.05) is 0 Å². The van der Waals surface area contributed by atoms with Crippen molar-refractivity contribution in [1.29, 1.82) is 0 Å². The maximum atomic E-state index is 15.4. The number of ether oxygens (including phenoxy) is 3. The summed E-state index contributed by atoms with van der Waals surface area (Å²) >= 11 is 0. The molecule has 0 radical (unpaired) electrons. The molecule has 2 saturated heterocycles. The largest absolute Gasteiger partial charge is 0.457 e. The molecule has 1 amide bonds. The van der Waals surface area contributed by atoms with Crippen LogP contribution in [0.4, 0.5) is 19.3 Å². The molecule has 0 aromatic heterocycles. The fourth-order valence-electron chi connectivity index (χ4n) is 4.60. The number of carbonyl (C=O) groups is 3. The van der Waals surface area contributed by atoms with Crippen molar-refractivity contribution < 1.29 is 37.4 Å². The number of rotatable bonds is 6. The Labute approximate surface area is 207 Å². The van der Waals surface area contributed by atoms with Crippen molar-refractivity contribution in [3.05, 3.63) is 64.7 Å². The third-order valence-electron chi connectivity index (χ3n) is 6.06. The van der Waals surface area contributed by atoms with E-state index in [4.69, 9.17) is 14.2 Å². The summed E-state index contributed by atoms with van der Waals surface area (Å²) in [5.74, 6) is -3.20. The average molecular weight is 503 g/mol. The normalized spacial score (nSPS) is 21.1. The summed E-state index contributed by atoms with van der Waals surface area (Å²) in [7, 11) is 0. The van der Waals surface area contributed by atoms with Gasteiger partial charge in [0, 0.05) is 13.2 Å². The van der Waals surface area contributed by atoms with Gasteiger partial charge in [0.1, 0.15) is 18.0 Å². The Morgan fingerprint density at radius 3 is 2.61 bits per heavy atom. The number of amides is 1. The topological polar surface area (TPSA) is 94.2 Å². The minimum absolute atomic E-state index is 0.0591. The van der Waals surface area contributed by atoms with Gasteiger partial charge in [-0.1, -0.05) is 30.3 Å². The molecule has 0 aliphatic carbocycles. The summed E-state index contributed by atoms with van der Waals surface area (Å²) in [5, 5.41) is 2.73. The Bertz CT molecular complexity index is 1150. The zero-order valence-corrected chi connectivity index (χ0v) is 20.3. The first-order valence-corrected chi connectivity index (χ1v) is 11.6. The molecule has 0 bridgehead atoms. The molecule has 0 spiro atoms. The van der Waals surface area contributed by atoms with E-state index in [-0.39, 0.29) is 25.1 Å². The number of nitrogens with one attached hydrogen (secondary N) is 1. The first-order valence-electron chi connectivity index (χ1n) is 11.6. The highest BCUT2D eigenvalue weighted by molar-refractivity contribution is 5.95. The monoisotopic (exact) mass is 502 g/mol. The molecule has 192 valence electrons. The second-order valence-electron chi connectivity index (χ2n) is 9.76. The number of hydrogen-bond acceptors (Lipinski definition) is 7. The van der Waals surface area contributed by atoms with Crippen LogP contribution < -0.4 is 10.2 Å². The fraction of sp³-hybridized carbons (Fsp3) is 0.423. The third kappa shape index (κ3) is 5.33. The number of carbonyl (C=O) groups excluding carboxylic acids is 3. The molecular weight excluding hydrogens is 474 g/mol. The second kappa shape index (κ2) is 10.2. The lowest BCUT2D eigenvalue weighted by Gasteiger charge is -2.27. The van der Waals surface area contributed by atoms with Crippen molar-refractivity contribution >= 4 is 24.0 Å². The lowest BCUT2D eigenvalue weighted by molar-refractivity contribution is 0.0408. The second-order valence-corrected chi connectivity index (χ2v) is 9.76. The Balaban J connectivity index is 1.58. The number of benzene rings is 2. The van der Waals surface area contributed by atoms with Crippen LogP contribution in [0.25, 0.3) is 0 Å². The highest BCUT2D eigenvalue weighted by Crippen LogP contribution is 2.38. The van der Waals surface area contributed by atoms with Crippen LogP contribution in [0.2, 0.25) is 0 Å². The van der Waals surface area contributed by atoms with Crippen molar-refractivity contribution in [1.82, 2.24) is 5.32 Å². The van der Waals surface area contributed by atoms with Gasteiger partial charge in [0.15, 0.2) is 12.1 Å². The van der Waals surface area contributed by atoms with E-state index in [2.05, 4.69) is 5.32 Å². The van der Waals surface area contributed by atoms with E-state index < -0.39 is 58.6 Å². The number of esters is 1. The number of fused-ring (bicyclic) bond motifs is 1. The number of anilines is 1. The number of aldehydes is 1. The molecule has 0 unspecified atom stereocenters. The molecule has 2 heterocycles. The first kappa shape index (κ1) is 25.6. The molecule has 2 aliphatic heterocycles. The van der Waals surface area contributed by atoms with Gasteiger partial charge >= 0.3 is 12.1 Å². The highest BCUT2D eigenvalue weighted by Gasteiger charge is 2.48. The Kier molecular flexibility index (Phi) is 7.26. The summed E-state index contributed by atoms with van der Waals surface area (Å²) in [5.41, 5.74) is -1.59. The van der Waals surface area contributed by atoms with E-state index in [9.17, 15) is 14.4 Å². The molecule has 1 N–H and O–H groups in total. The minimum atomic E-state index is -1.17. The van der Waals surface area contributed by atoms with Crippen LogP contribution in [-0.2, 0) is 20.8 Å². The van der Waals surface area contributed by atoms with Crippen LogP contribution in [0.15, 0.2) is 36.4 Å². The minimum Gasteiger partial charge on any atom is -0.457 e. The van der Waals surface area contributed by atoms with Crippen LogP contribution >= 0.6 is 0 Å². The molecule has 2 fully saturated rings. The standard InChI is InChI=1S/C26H28F2N2O6/c1-26(2,3)36-25(33)29-19-12-30(20-9-10-34-23(19)20)22-17(13-31)21(28)16(11-18(22)27)24(32)35-14-15-7-5-4-6-8-15/h4-8,11,13,19-20,23H,9-10,12,14H2,1-3H3,(H,29,33)/t19-,20+,23+/m0/s1. The number of halogens is 2. The highest BCUT2D eigenvalue weighted by atomic mass is 19.1. The Hall–Kier alpha value is -3.53. The molecule has 10 heteroatoms. The molecule has 4 rings (SSSR count). The SMILES string of the molecule is CC(C)(C)OC(=O)N[C@H]1CN(c2c(F)cc(C(=O)OCc3ccccc3)c(F)c2C=O)[C@@H]2CCO[C@H]12. The average Bonchev–Trinajstić information content (AvgIpc) is 3.42. The summed E-state index contributed by atoms with van der Waals surface area (Å²) in [6.07, 6.45) is -0.504. The van der Waals surface area contributed by atoms with Gasteiger partial charge in [-0.3, -0.25) is 4.79 Å². The summed E-state index contributed by atoms with van der Waals surface area (Å²) in [6.45, 7) is 5.45. The van der Waals surface area contributed by atoms with Crippen LogP contribution in [0.3, 0.4) is 0 Å². The molecule has 3 atom stereocenters. The quantitative estimate of drug-likeness (QED) is 0.471. The fourth-order valence-corrected chi connectivity index (χ4v) is 4.60. The van der Waals surface area contributed by atoms with Gasteiger partial charge in [-0.05, 0) is 38.8 Å². The van der Waals surface area contributed by atoms with Gasteiger partial charge < -0.3 is 24.4 Å². The van der Waals surface area contributed by atoms with Gasteiger partial charge in [0.2, 0.25) is 0 Å². The van der Waals surface area contributed by atoms with E-state index in [0.717, 1.165) is 6.07 Å². The molecule has 2 aromatic carbocycles. The van der Waals surface area contributed by atoms with Gasteiger partial charge in [-0.15, -0.1) is 0 Å². The zero-order chi connectivity index (χ0) is 26.0. The predicted molar refractivity (Wildman–Crippen MR) is 126 cm³/mol. The van der Waals surface area contributed by atoms with E-state index >= 15 is 8.78 Å². The maximum Gasteiger partial charge on any atom is 0.408 e. The third-order valence-corrected chi connectivity index (χ3v) is 6.06. The van der Waals surface area contributed by atoms with Crippen molar-refractivity contribution in [3.63, 3.8) is 0 Å². The van der Waals surface area contributed by atoms with Crippen molar-refractivity contribution in [2.75, 3.05) is 18.1 Å². The van der Waals surface area contributed by atoms with Crippen LogP contribution in [0.5, 0.6) is 0 Å². The smallest absolute Gasteiger partial charge is 0.408 e. The molecule has 2 aromatic rings. The predicted octanol–water partition coefficient (Wildman–Crippen LogP) is 4.01. The van der Waals surface area contributed by atoms with Crippen LogP contribution in [0.1, 0.15) is 53.5 Å². The van der Waals surface area contributed by atoms with Crippen molar-refractivity contribution in [2.45, 2.75) is 57.6 Å². The Morgan fingerprint density at radius 2 is 1.94 bits per heavy atom. The summed E-state index contributed by atoms with van der Waals surface area (Å²) < 4.78 is 46.9. The number of alkyl carbamates (subject to hydrolysis) is 1. The molecular formula is C26H28F2N2O6. The van der Waals surface area contributed by atoms with Gasteiger partial charge in [-0.2, -0.15) is 0 Å². The van der Waals surface area contributed by atoms with Crippen LogP contribution in [0, 0.1) is 11.6 Å². The lowest BCUT2D eigenvalue weighted by atomic mass is 10.0. The van der Waals surface area contributed by atoms with E-state index in [0.29, 0.717) is 18.6 Å². The van der Waals surface area contributed by atoms with Crippen LogP contribution in [-0.4, -0.2) is 55.3 Å². The molecule has 36 heavy (non-hydrogen) atoms. The Morgan fingerprint density at radius 1 is 1.22 bits per heavy atom. The van der Waals surface area contributed by atoms with Gasteiger partial charge in [0.25, 0.3) is 0 Å². The van der Waals surface area contributed by atoms with Crippen molar-refractivity contribution in [3.8, 4) is 0 Å². The zero-order valence-electron chi connectivity index (χ0n) is 20.3. The molecule has 0 saturated carbocycles. The maximum absolute atomic E-state index is 15.4. The van der Waals surface area contributed by atoms with E-state index in [1.54, 1.807) is 51.1 Å². The van der Waals surface area contributed by atoms with Crippen molar-refractivity contribution in [2.24, 2.45) is 0 Å².